The number of aromatic amines is 1. The third kappa shape index (κ3) is 5.13. The largest absolute Gasteiger partial charge is 0.573 e. The fourth-order valence-corrected chi connectivity index (χ4v) is 3.67. The minimum atomic E-state index is -4.93. The Morgan fingerprint density at radius 1 is 1.24 bits per heavy atom. The van der Waals surface area contributed by atoms with Gasteiger partial charge in [-0.15, -0.1) is 13.2 Å². The van der Waals surface area contributed by atoms with Crippen molar-refractivity contribution in [2.75, 3.05) is 29.9 Å². The number of pyridine rings is 1. The minimum absolute atomic E-state index is 0.0696. The molecule has 0 spiro atoms. The molecule has 13 heteroatoms. The van der Waals surface area contributed by atoms with E-state index in [2.05, 4.69) is 25.0 Å². The van der Waals surface area contributed by atoms with Gasteiger partial charge in [-0.2, -0.15) is 4.98 Å². The van der Waals surface area contributed by atoms with Crippen LogP contribution in [0.1, 0.15) is 12.8 Å². The summed E-state index contributed by atoms with van der Waals surface area (Å²) in [5.41, 5.74) is -1.20. The summed E-state index contributed by atoms with van der Waals surface area (Å²) in [6.45, 7) is 0.353. The van der Waals surface area contributed by atoms with Crippen LogP contribution in [0.5, 0.6) is 5.75 Å². The topological polar surface area (TPSA) is 124 Å². The van der Waals surface area contributed by atoms with Crippen LogP contribution < -0.4 is 20.5 Å². The molecule has 0 saturated carbocycles. The van der Waals surface area contributed by atoms with E-state index in [1.165, 1.54) is 18.3 Å². The standard InChI is InChI=1S/C20H19ClF3N5O4/c21-12-2-1-11(9-14(12)33-20(22,23)24)26-16-15-13(3-6-25-17(15)31)27-18(28-16)29-7-4-19(32,10-30)5-8-29/h1-3,6,9,30,32H,4-5,7-8,10H2,(H,25,31)(H,26,27,28). The fraction of sp³-hybridized carbons (Fsp3) is 0.350. The molecule has 1 fully saturated rings. The molecule has 0 atom stereocenters. The smallest absolute Gasteiger partial charge is 0.404 e. The number of anilines is 3. The molecule has 0 bridgehead atoms. The number of aliphatic hydroxyl groups excluding tert-OH is 1. The van der Waals surface area contributed by atoms with Crippen molar-refractivity contribution in [2.24, 2.45) is 0 Å². The summed E-state index contributed by atoms with van der Waals surface area (Å²) in [4.78, 5) is 25.6. The number of hydrogen-bond donors (Lipinski definition) is 4. The van der Waals surface area contributed by atoms with Crippen molar-refractivity contribution >= 4 is 40.0 Å². The van der Waals surface area contributed by atoms with Crippen LogP contribution in [0.2, 0.25) is 5.02 Å². The number of aliphatic hydroxyl groups is 2. The van der Waals surface area contributed by atoms with E-state index in [9.17, 15) is 28.2 Å². The van der Waals surface area contributed by atoms with Crippen LogP contribution in [-0.2, 0) is 0 Å². The van der Waals surface area contributed by atoms with Gasteiger partial charge in [-0.3, -0.25) is 4.79 Å². The third-order valence-corrected chi connectivity index (χ3v) is 5.61. The number of H-pyrrole nitrogens is 1. The average molecular weight is 486 g/mol. The lowest BCUT2D eigenvalue weighted by Crippen LogP contribution is -2.47. The first-order valence-corrected chi connectivity index (χ1v) is 10.2. The molecule has 4 rings (SSSR count). The van der Waals surface area contributed by atoms with Crippen LogP contribution >= 0.6 is 11.6 Å². The molecule has 1 aliphatic rings. The zero-order chi connectivity index (χ0) is 23.8. The highest BCUT2D eigenvalue weighted by molar-refractivity contribution is 6.32. The summed E-state index contributed by atoms with van der Waals surface area (Å²) < 4.78 is 42.0. The molecule has 3 aromatic rings. The Morgan fingerprint density at radius 2 is 1.97 bits per heavy atom. The van der Waals surface area contributed by atoms with E-state index in [1.54, 1.807) is 11.0 Å². The molecular weight excluding hydrogens is 467 g/mol. The molecule has 0 amide bonds. The van der Waals surface area contributed by atoms with Gasteiger partial charge < -0.3 is 30.2 Å². The number of ether oxygens (including phenoxy) is 1. The molecule has 0 unspecified atom stereocenters. The maximum atomic E-state index is 12.7. The van der Waals surface area contributed by atoms with Crippen molar-refractivity contribution in [3.05, 3.63) is 45.8 Å². The van der Waals surface area contributed by atoms with Crippen molar-refractivity contribution in [3.8, 4) is 5.75 Å². The van der Waals surface area contributed by atoms with Gasteiger partial charge in [-0.25, -0.2) is 4.98 Å². The lowest BCUT2D eigenvalue weighted by molar-refractivity contribution is -0.274. The van der Waals surface area contributed by atoms with Crippen molar-refractivity contribution in [1.82, 2.24) is 15.0 Å². The number of fused-ring (bicyclic) bond motifs is 1. The molecule has 33 heavy (non-hydrogen) atoms. The van der Waals surface area contributed by atoms with Gasteiger partial charge in [0.25, 0.3) is 5.56 Å². The quantitative estimate of drug-likeness (QED) is 0.435. The maximum absolute atomic E-state index is 12.7. The molecule has 9 nitrogen and oxygen atoms in total. The van der Waals surface area contributed by atoms with Gasteiger partial charge in [0, 0.05) is 31.0 Å². The second kappa shape index (κ2) is 8.69. The van der Waals surface area contributed by atoms with E-state index in [4.69, 9.17) is 11.6 Å². The Balaban J connectivity index is 1.72. The highest BCUT2D eigenvalue weighted by atomic mass is 35.5. The molecule has 4 N–H and O–H groups in total. The number of rotatable bonds is 5. The van der Waals surface area contributed by atoms with Crippen LogP contribution in [0, 0.1) is 0 Å². The Morgan fingerprint density at radius 3 is 2.64 bits per heavy atom. The predicted octanol–water partition coefficient (Wildman–Crippen LogP) is 2.94. The van der Waals surface area contributed by atoms with Gasteiger partial charge in [0.05, 0.1) is 22.7 Å². The second-order valence-corrected chi connectivity index (χ2v) is 8.03. The Labute approximate surface area is 189 Å². The fourth-order valence-electron chi connectivity index (χ4n) is 3.51. The number of aromatic nitrogens is 3. The molecule has 0 aliphatic carbocycles. The normalized spacial score (nSPS) is 16.1. The first kappa shape index (κ1) is 23.1. The molecular formula is C20H19ClF3N5O4. The Kier molecular flexibility index (Phi) is 6.08. The van der Waals surface area contributed by atoms with E-state index in [0.29, 0.717) is 31.4 Å². The second-order valence-electron chi connectivity index (χ2n) is 7.63. The zero-order valence-corrected chi connectivity index (χ0v) is 17.7. The number of alkyl halides is 3. The van der Waals surface area contributed by atoms with Crippen LogP contribution in [0.25, 0.3) is 10.9 Å². The Bertz CT molecular complexity index is 1230. The summed E-state index contributed by atoms with van der Waals surface area (Å²) in [5.74, 6) is -0.280. The number of halogens is 4. The molecule has 1 saturated heterocycles. The van der Waals surface area contributed by atoms with Crippen molar-refractivity contribution in [3.63, 3.8) is 0 Å². The maximum Gasteiger partial charge on any atom is 0.573 e. The van der Waals surface area contributed by atoms with Crippen LogP contribution in [-0.4, -0.2) is 56.8 Å². The lowest BCUT2D eigenvalue weighted by Gasteiger charge is -2.37. The summed E-state index contributed by atoms with van der Waals surface area (Å²) in [6.07, 6.45) is -2.93. The van der Waals surface area contributed by atoms with Gasteiger partial charge in [0.15, 0.2) is 0 Å². The van der Waals surface area contributed by atoms with Gasteiger partial charge in [0.1, 0.15) is 17.0 Å². The van der Waals surface area contributed by atoms with Gasteiger partial charge >= 0.3 is 6.36 Å². The highest BCUT2D eigenvalue weighted by Gasteiger charge is 2.33. The zero-order valence-electron chi connectivity index (χ0n) is 17.0. The van der Waals surface area contributed by atoms with Crippen LogP contribution in [0.15, 0.2) is 35.3 Å². The number of benzene rings is 1. The van der Waals surface area contributed by atoms with E-state index in [0.717, 1.165) is 6.07 Å². The molecule has 176 valence electrons. The number of hydrogen-bond acceptors (Lipinski definition) is 8. The van der Waals surface area contributed by atoms with Crippen LogP contribution in [0.3, 0.4) is 0 Å². The first-order chi connectivity index (χ1) is 15.6. The molecule has 2 aromatic heterocycles. The minimum Gasteiger partial charge on any atom is -0.404 e. The SMILES string of the molecule is O=c1[nH]ccc2nc(N3CCC(O)(CO)CC3)nc(Nc3ccc(Cl)c(OC(F)(F)F)c3)c12. The van der Waals surface area contributed by atoms with Crippen molar-refractivity contribution in [1.29, 1.82) is 0 Å². The summed E-state index contributed by atoms with van der Waals surface area (Å²) in [6, 6.07) is 5.25. The van der Waals surface area contributed by atoms with Crippen LogP contribution in [0.4, 0.5) is 30.6 Å². The summed E-state index contributed by atoms with van der Waals surface area (Å²) >= 11 is 5.81. The predicted molar refractivity (Wildman–Crippen MR) is 115 cm³/mol. The average Bonchev–Trinajstić information content (AvgIpc) is 2.75. The molecule has 1 aliphatic heterocycles. The molecule has 0 radical (unpaired) electrons. The highest BCUT2D eigenvalue weighted by Crippen LogP contribution is 2.34. The van der Waals surface area contributed by atoms with Crippen molar-refractivity contribution in [2.45, 2.75) is 24.8 Å². The van der Waals surface area contributed by atoms with E-state index >= 15 is 0 Å². The summed E-state index contributed by atoms with van der Waals surface area (Å²) in [7, 11) is 0. The van der Waals surface area contributed by atoms with Crippen molar-refractivity contribution < 1.29 is 28.1 Å². The molecule has 1 aromatic carbocycles. The van der Waals surface area contributed by atoms with E-state index in [-0.39, 0.29) is 34.5 Å². The van der Waals surface area contributed by atoms with E-state index in [1.807, 2.05) is 0 Å². The first-order valence-electron chi connectivity index (χ1n) is 9.87. The third-order valence-electron chi connectivity index (χ3n) is 5.30. The van der Waals surface area contributed by atoms with Gasteiger partial charge in [-0.1, -0.05) is 11.6 Å². The number of nitrogens with zero attached hydrogens (tertiary/aromatic N) is 3. The summed E-state index contributed by atoms with van der Waals surface area (Å²) in [5, 5.41) is 22.3. The Hall–Kier alpha value is -3.09. The number of nitrogens with one attached hydrogen (secondary N) is 2. The van der Waals surface area contributed by atoms with Gasteiger partial charge in [0.2, 0.25) is 5.95 Å². The van der Waals surface area contributed by atoms with Gasteiger partial charge in [-0.05, 0) is 31.0 Å². The number of piperidine rings is 1. The van der Waals surface area contributed by atoms with E-state index < -0.39 is 23.3 Å². The lowest BCUT2D eigenvalue weighted by atomic mass is 9.93. The monoisotopic (exact) mass is 485 g/mol. The molecule has 3 heterocycles.